The third kappa shape index (κ3) is 4.58. The van der Waals surface area contributed by atoms with E-state index in [0.29, 0.717) is 0 Å². The van der Waals surface area contributed by atoms with Gasteiger partial charge in [-0.15, -0.1) is 0 Å². The molecular formula is C19H16N4O5. The van der Waals surface area contributed by atoms with Crippen LogP contribution < -0.4 is 14.8 Å². The number of hydrogen-bond acceptors (Lipinski definition) is 7. The summed E-state index contributed by atoms with van der Waals surface area (Å²) in [5.41, 5.74) is 0.984. The molecule has 0 saturated heterocycles. The number of anilines is 1. The van der Waals surface area contributed by atoms with Crippen LogP contribution in [0.15, 0.2) is 60.9 Å². The van der Waals surface area contributed by atoms with E-state index in [4.69, 9.17) is 9.47 Å². The Labute approximate surface area is 160 Å². The van der Waals surface area contributed by atoms with Crippen molar-refractivity contribution in [2.75, 3.05) is 12.4 Å². The van der Waals surface area contributed by atoms with Gasteiger partial charge in [0, 0.05) is 18.2 Å². The monoisotopic (exact) mass is 380 g/mol. The Hall–Kier alpha value is -4.01. The van der Waals surface area contributed by atoms with Gasteiger partial charge in [0.05, 0.1) is 17.7 Å². The van der Waals surface area contributed by atoms with Gasteiger partial charge in [0.1, 0.15) is 24.4 Å². The van der Waals surface area contributed by atoms with E-state index in [1.165, 1.54) is 37.7 Å². The molecule has 142 valence electrons. The summed E-state index contributed by atoms with van der Waals surface area (Å²) in [6.07, 6.45) is 1.21. The molecule has 0 radical (unpaired) electrons. The zero-order chi connectivity index (χ0) is 19.9. The quantitative estimate of drug-likeness (QED) is 0.494. The molecule has 0 saturated carbocycles. The summed E-state index contributed by atoms with van der Waals surface area (Å²) >= 11 is 0. The number of rotatable bonds is 7. The highest BCUT2D eigenvalue weighted by molar-refractivity contribution is 6.04. The molecule has 0 atom stereocenters. The van der Waals surface area contributed by atoms with Gasteiger partial charge in [0.15, 0.2) is 0 Å². The second kappa shape index (κ2) is 8.58. The minimum atomic E-state index is -0.578. The van der Waals surface area contributed by atoms with Crippen LogP contribution in [0.3, 0.4) is 0 Å². The number of non-ortho nitro benzene ring substituents is 1. The molecule has 3 aromatic rings. The fourth-order valence-corrected chi connectivity index (χ4v) is 2.37. The summed E-state index contributed by atoms with van der Waals surface area (Å²) < 4.78 is 10.7. The van der Waals surface area contributed by atoms with Gasteiger partial charge >= 0.3 is 0 Å². The SMILES string of the molecule is COc1ccc([N+](=O)[O-])cc1NC(=O)c1cc(OCc2ccccc2)ncn1. The Morgan fingerprint density at radius 1 is 1.14 bits per heavy atom. The number of hydrogen-bond donors (Lipinski definition) is 1. The third-order valence-electron chi connectivity index (χ3n) is 3.75. The molecule has 0 unspecified atom stereocenters. The van der Waals surface area contributed by atoms with Crippen LogP contribution in [0.2, 0.25) is 0 Å². The summed E-state index contributed by atoms with van der Waals surface area (Å²) in [7, 11) is 1.40. The number of ether oxygens (including phenoxy) is 2. The maximum absolute atomic E-state index is 12.5. The molecule has 0 aliphatic heterocycles. The predicted octanol–water partition coefficient (Wildman–Crippen LogP) is 3.22. The summed E-state index contributed by atoms with van der Waals surface area (Å²) in [6, 6.07) is 14.8. The van der Waals surface area contributed by atoms with Crippen LogP contribution in [0, 0.1) is 10.1 Å². The Bertz CT molecular complexity index is 995. The molecule has 2 aromatic carbocycles. The Kier molecular flexibility index (Phi) is 5.75. The Morgan fingerprint density at radius 3 is 2.64 bits per heavy atom. The first kappa shape index (κ1) is 18.8. The van der Waals surface area contributed by atoms with Gasteiger partial charge in [-0.1, -0.05) is 30.3 Å². The van der Waals surface area contributed by atoms with Crippen LogP contribution in [0.25, 0.3) is 0 Å². The topological polar surface area (TPSA) is 116 Å². The highest BCUT2D eigenvalue weighted by Gasteiger charge is 2.16. The molecule has 0 fully saturated rings. The van der Waals surface area contributed by atoms with Gasteiger partial charge in [-0.05, 0) is 11.6 Å². The van der Waals surface area contributed by atoms with E-state index in [1.54, 1.807) is 0 Å². The number of amides is 1. The molecule has 0 spiro atoms. The third-order valence-corrected chi connectivity index (χ3v) is 3.75. The van der Waals surface area contributed by atoms with E-state index >= 15 is 0 Å². The van der Waals surface area contributed by atoms with Crippen molar-refractivity contribution in [1.82, 2.24) is 9.97 Å². The minimum Gasteiger partial charge on any atom is -0.495 e. The lowest BCUT2D eigenvalue weighted by Gasteiger charge is -2.10. The molecule has 9 nitrogen and oxygen atoms in total. The number of nitrogens with zero attached hydrogens (tertiary/aromatic N) is 3. The number of aromatic nitrogens is 2. The maximum atomic E-state index is 12.5. The number of nitro groups is 1. The molecule has 0 aliphatic rings. The number of nitro benzene ring substituents is 1. The maximum Gasteiger partial charge on any atom is 0.274 e. The second-order valence-corrected chi connectivity index (χ2v) is 5.61. The molecule has 1 aromatic heterocycles. The fourth-order valence-electron chi connectivity index (χ4n) is 2.37. The number of benzene rings is 2. The second-order valence-electron chi connectivity index (χ2n) is 5.61. The van der Waals surface area contributed by atoms with Crippen molar-refractivity contribution >= 4 is 17.3 Å². The Morgan fingerprint density at radius 2 is 1.93 bits per heavy atom. The van der Waals surface area contributed by atoms with E-state index in [0.717, 1.165) is 5.56 Å². The first-order chi connectivity index (χ1) is 13.6. The van der Waals surface area contributed by atoms with Crippen molar-refractivity contribution in [3.05, 3.63) is 82.3 Å². The minimum absolute atomic E-state index is 0.0478. The average Bonchev–Trinajstić information content (AvgIpc) is 2.73. The van der Waals surface area contributed by atoms with E-state index in [-0.39, 0.29) is 35.3 Å². The van der Waals surface area contributed by atoms with E-state index in [9.17, 15) is 14.9 Å². The lowest BCUT2D eigenvalue weighted by Crippen LogP contribution is -2.15. The molecule has 1 heterocycles. The Balaban J connectivity index is 1.74. The largest absolute Gasteiger partial charge is 0.495 e. The lowest BCUT2D eigenvalue weighted by atomic mass is 10.2. The predicted molar refractivity (Wildman–Crippen MR) is 100 cm³/mol. The first-order valence-corrected chi connectivity index (χ1v) is 8.19. The van der Waals surface area contributed by atoms with Gasteiger partial charge in [-0.25, -0.2) is 9.97 Å². The normalized spacial score (nSPS) is 10.2. The fraction of sp³-hybridized carbons (Fsp3) is 0.105. The number of methoxy groups -OCH3 is 1. The van der Waals surface area contributed by atoms with Crippen LogP contribution in [-0.2, 0) is 6.61 Å². The zero-order valence-corrected chi connectivity index (χ0v) is 14.9. The van der Waals surface area contributed by atoms with Crippen molar-refractivity contribution in [2.45, 2.75) is 6.61 Å². The van der Waals surface area contributed by atoms with Crippen molar-refractivity contribution in [3.8, 4) is 11.6 Å². The molecular weight excluding hydrogens is 364 g/mol. The van der Waals surface area contributed by atoms with E-state index in [1.807, 2.05) is 30.3 Å². The van der Waals surface area contributed by atoms with Gasteiger partial charge in [-0.3, -0.25) is 14.9 Å². The van der Waals surface area contributed by atoms with E-state index < -0.39 is 10.8 Å². The van der Waals surface area contributed by atoms with Gasteiger partial charge in [-0.2, -0.15) is 0 Å². The molecule has 28 heavy (non-hydrogen) atoms. The molecule has 0 bridgehead atoms. The van der Waals surface area contributed by atoms with Crippen molar-refractivity contribution in [1.29, 1.82) is 0 Å². The number of carbonyl (C=O) groups is 1. The first-order valence-electron chi connectivity index (χ1n) is 8.19. The van der Waals surface area contributed by atoms with Crippen LogP contribution in [-0.4, -0.2) is 27.9 Å². The smallest absolute Gasteiger partial charge is 0.274 e. The molecule has 3 rings (SSSR count). The highest BCUT2D eigenvalue weighted by Crippen LogP contribution is 2.29. The molecule has 0 aliphatic carbocycles. The summed E-state index contributed by atoms with van der Waals surface area (Å²) in [6.45, 7) is 0.289. The van der Waals surface area contributed by atoms with Gasteiger partial charge in [0.2, 0.25) is 5.88 Å². The van der Waals surface area contributed by atoms with Crippen molar-refractivity contribution < 1.29 is 19.2 Å². The summed E-state index contributed by atoms with van der Waals surface area (Å²) in [5, 5.41) is 13.5. The van der Waals surface area contributed by atoms with Crippen LogP contribution in [0.5, 0.6) is 11.6 Å². The standard InChI is InChI=1S/C19H16N4O5/c1-27-17-8-7-14(23(25)26)9-15(17)22-19(24)16-10-18(21-12-20-16)28-11-13-5-3-2-4-6-13/h2-10,12H,11H2,1H3,(H,22,24). The highest BCUT2D eigenvalue weighted by atomic mass is 16.6. The van der Waals surface area contributed by atoms with Crippen LogP contribution >= 0.6 is 0 Å². The van der Waals surface area contributed by atoms with E-state index in [2.05, 4.69) is 15.3 Å². The number of nitrogens with one attached hydrogen (secondary N) is 1. The molecule has 1 N–H and O–H groups in total. The van der Waals surface area contributed by atoms with Gasteiger partial charge in [0.25, 0.3) is 11.6 Å². The molecule has 9 heteroatoms. The summed E-state index contributed by atoms with van der Waals surface area (Å²) in [5.74, 6) is -0.0608. The van der Waals surface area contributed by atoms with Crippen LogP contribution in [0.1, 0.15) is 16.1 Å². The summed E-state index contributed by atoms with van der Waals surface area (Å²) in [4.78, 5) is 30.8. The molecule has 1 amide bonds. The lowest BCUT2D eigenvalue weighted by molar-refractivity contribution is -0.384. The zero-order valence-electron chi connectivity index (χ0n) is 14.9. The van der Waals surface area contributed by atoms with Crippen molar-refractivity contribution in [2.24, 2.45) is 0 Å². The number of carbonyl (C=O) groups excluding carboxylic acids is 1. The van der Waals surface area contributed by atoms with Crippen LogP contribution in [0.4, 0.5) is 11.4 Å². The average molecular weight is 380 g/mol. The van der Waals surface area contributed by atoms with Crippen molar-refractivity contribution in [3.63, 3.8) is 0 Å². The van der Waals surface area contributed by atoms with Gasteiger partial charge < -0.3 is 14.8 Å².